The number of rotatable bonds is 8. The molecule has 1 saturated carbocycles. The monoisotopic (exact) mass is 324 g/mol. The summed E-state index contributed by atoms with van der Waals surface area (Å²) in [5.41, 5.74) is 2.00. The second-order valence-corrected chi connectivity index (χ2v) is 6.23. The Morgan fingerprint density at radius 1 is 1.12 bits per heavy atom. The molecule has 0 aliphatic heterocycles. The molecule has 1 unspecified atom stereocenters. The molecule has 1 aliphatic rings. The van der Waals surface area contributed by atoms with Crippen LogP contribution in [0.1, 0.15) is 30.0 Å². The van der Waals surface area contributed by atoms with Crippen LogP contribution in [0.3, 0.4) is 0 Å². The predicted molar refractivity (Wildman–Crippen MR) is 95.0 cm³/mol. The largest absolute Gasteiger partial charge is 0.496 e. The number of carbonyl (C=O) groups excluding carboxylic acids is 1. The van der Waals surface area contributed by atoms with Gasteiger partial charge in [-0.1, -0.05) is 48.5 Å². The van der Waals surface area contributed by atoms with Crippen LogP contribution in [0.25, 0.3) is 0 Å². The number of hydrogen-bond acceptors (Lipinski definition) is 3. The van der Waals surface area contributed by atoms with E-state index in [0.29, 0.717) is 6.54 Å². The zero-order valence-electron chi connectivity index (χ0n) is 14.0. The zero-order chi connectivity index (χ0) is 16.8. The first-order valence-electron chi connectivity index (χ1n) is 8.46. The average Bonchev–Trinajstić information content (AvgIpc) is 3.45. The van der Waals surface area contributed by atoms with E-state index in [1.807, 2.05) is 54.6 Å². The maximum atomic E-state index is 12.4. The molecule has 0 aromatic heterocycles. The molecule has 0 saturated heterocycles. The van der Waals surface area contributed by atoms with Crippen molar-refractivity contribution in [2.45, 2.75) is 18.9 Å². The fourth-order valence-electron chi connectivity index (χ4n) is 2.81. The van der Waals surface area contributed by atoms with Crippen LogP contribution in [0, 0.1) is 5.92 Å². The molecule has 3 rings (SSSR count). The third kappa shape index (κ3) is 4.36. The highest BCUT2D eigenvalue weighted by Gasteiger charge is 2.22. The smallest absolute Gasteiger partial charge is 0.234 e. The van der Waals surface area contributed by atoms with Crippen molar-refractivity contribution in [2.24, 2.45) is 5.92 Å². The van der Waals surface area contributed by atoms with Crippen molar-refractivity contribution in [1.82, 2.24) is 10.6 Å². The van der Waals surface area contributed by atoms with Crippen molar-refractivity contribution >= 4 is 5.91 Å². The summed E-state index contributed by atoms with van der Waals surface area (Å²) in [5.74, 6) is 1.53. The molecule has 0 radical (unpaired) electrons. The Hall–Kier alpha value is -2.33. The van der Waals surface area contributed by atoms with Crippen LogP contribution in [0.5, 0.6) is 5.75 Å². The topological polar surface area (TPSA) is 50.4 Å². The Morgan fingerprint density at radius 2 is 1.83 bits per heavy atom. The van der Waals surface area contributed by atoms with E-state index in [4.69, 9.17) is 4.74 Å². The van der Waals surface area contributed by atoms with Gasteiger partial charge < -0.3 is 15.4 Å². The normalized spacial score (nSPS) is 14.9. The summed E-state index contributed by atoms with van der Waals surface area (Å²) in [7, 11) is 1.65. The highest BCUT2D eigenvalue weighted by molar-refractivity contribution is 5.79. The lowest BCUT2D eigenvalue weighted by Crippen LogP contribution is -2.37. The van der Waals surface area contributed by atoms with Crippen LogP contribution in [-0.4, -0.2) is 26.1 Å². The molecule has 1 aliphatic carbocycles. The molecule has 4 heteroatoms. The lowest BCUT2D eigenvalue weighted by Gasteiger charge is -2.22. The van der Waals surface area contributed by atoms with Gasteiger partial charge in [0.25, 0.3) is 0 Å². The lowest BCUT2D eigenvalue weighted by molar-refractivity contribution is -0.120. The van der Waals surface area contributed by atoms with E-state index in [9.17, 15) is 4.79 Å². The highest BCUT2D eigenvalue weighted by Crippen LogP contribution is 2.30. The SMILES string of the molecule is COc1ccccc1C(NC(=O)CNCC1CC1)c1ccccc1. The van der Waals surface area contributed by atoms with Crippen LogP contribution < -0.4 is 15.4 Å². The molecular weight excluding hydrogens is 300 g/mol. The number of benzene rings is 2. The van der Waals surface area contributed by atoms with E-state index in [0.717, 1.165) is 29.3 Å². The predicted octanol–water partition coefficient (Wildman–Crippen LogP) is 2.90. The molecule has 0 spiro atoms. The van der Waals surface area contributed by atoms with Crippen LogP contribution in [0.4, 0.5) is 0 Å². The molecule has 1 amide bonds. The van der Waals surface area contributed by atoms with Gasteiger partial charge in [0.2, 0.25) is 5.91 Å². The zero-order valence-corrected chi connectivity index (χ0v) is 14.0. The van der Waals surface area contributed by atoms with E-state index in [-0.39, 0.29) is 11.9 Å². The quantitative estimate of drug-likeness (QED) is 0.785. The van der Waals surface area contributed by atoms with Gasteiger partial charge in [0.1, 0.15) is 5.75 Å². The fourth-order valence-corrected chi connectivity index (χ4v) is 2.81. The summed E-state index contributed by atoms with van der Waals surface area (Å²) in [6, 6.07) is 17.6. The van der Waals surface area contributed by atoms with Crippen LogP contribution in [0.15, 0.2) is 54.6 Å². The third-order valence-electron chi connectivity index (χ3n) is 4.30. The van der Waals surface area contributed by atoms with Crippen molar-refractivity contribution in [3.05, 3.63) is 65.7 Å². The van der Waals surface area contributed by atoms with Crippen molar-refractivity contribution in [3.63, 3.8) is 0 Å². The van der Waals surface area contributed by atoms with Gasteiger partial charge in [-0.25, -0.2) is 0 Å². The maximum Gasteiger partial charge on any atom is 0.234 e. The Bertz CT molecular complexity index is 668. The van der Waals surface area contributed by atoms with Gasteiger partial charge in [-0.15, -0.1) is 0 Å². The molecule has 2 N–H and O–H groups in total. The fraction of sp³-hybridized carbons (Fsp3) is 0.350. The molecule has 24 heavy (non-hydrogen) atoms. The Labute approximate surface area is 143 Å². The standard InChI is InChI=1S/C20H24N2O2/c1-24-18-10-6-5-9-17(18)20(16-7-3-2-4-8-16)22-19(23)14-21-13-15-11-12-15/h2-10,15,20-21H,11-14H2,1H3,(H,22,23). The second-order valence-electron chi connectivity index (χ2n) is 6.23. The van der Waals surface area contributed by atoms with Gasteiger partial charge in [-0.3, -0.25) is 4.79 Å². The van der Waals surface area contributed by atoms with Gasteiger partial charge in [0.05, 0.1) is 19.7 Å². The molecule has 1 fully saturated rings. The number of amides is 1. The van der Waals surface area contributed by atoms with E-state index in [2.05, 4.69) is 10.6 Å². The number of hydrogen-bond donors (Lipinski definition) is 2. The first kappa shape index (κ1) is 16.5. The van der Waals surface area contributed by atoms with Crippen LogP contribution >= 0.6 is 0 Å². The number of methoxy groups -OCH3 is 1. The van der Waals surface area contributed by atoms with E-state index < -0.39 is 0 Å². The minimum atomic E-state index is -0.224. The molecular formula is C20H24N2O2. The summed E-state index contributed by atoms with van der Waals surface area (Å²) in [6.45, 7) is 1.27. The minimum Gasteiger partial charge on any atom is -0.496 e. The van der Waals surface area contributed by atoms with Crippen molar-refractivity contribution in [2.75, 3.05) is 20.2 Å². The van der Waals surface area contributed by atoms with Crippen molar-refractivity contribution in [1.29, 1.82) is 0 Å². The van der Waals surface area contributed by atoms with Crippen LogP contribution in [0.2, 0.25) is 0 Å². The van der Waals surface area contributed by atoms with Gasteiger partial charge in [-0.2, -0.15) is 0 Å². The summed E-state index contributed by atoms with van der Waals surface area (Å²) in [5, 5.41) is 6.38. The Morgan fingerprint density at radius 3 is 2.54 bits per heavy atom. The van der Waals surface area contributed by atoms with Gasteiger partial charge in [0, 0.05) is 5.56 Å². The van der Waals surface area contributed by atoms with E-state index in [1.54, 1.807) is 7.11 Å². The minimum absolute atomic E-state index is 0.00425. The summed E-state index contributed by atoms with van der Waals surface area (Å²) in [6.07, 6.45) is 2.56. The molecule has 1 atom stereocenters. The van der Waals surface area contributed by atoms with E-state index in [1.165, 1.54) is 12.8 Å². The summed E-state index contributed by atoms with van der Waals surface area (Å²) >= 11 is 0. The Balaban J connectivity index is 1.75. The average molecular weight is 324 g/mol. The summed E-state index contributed by atoms with van der Waals surface area (Å²) in [4.78, 5) is 12.4. The molecule has 2 aromatic carbocycles. The molecule has 4 nitrogen and oxygen atoms in total. The Kier molecular flexibility index (Phi) is 5.49. The molecule has 0 bridgehead atoms. The maximum absolute atomic E-state index is 12.4. The lowest BCUT2D eigenvalue weighted by atomic mass is 9.97. The van der Waals surface area contributed by atoms with Crippen LogP contribution in [-0.2, 0) is 4.79 Å². The van der Waals surface area contributed by atoms with Gasteiger partial charge >= 0.3 is 0 Å². The van der Waals surface area contributed by atoms with E-state index >= 15 is 0 Å². The first-order chi connectivity index (χ1) is 11.8. The van der Waals surface area contributed by atoms with Crippen molar-refractivity contribution < 1.29 is 9.53 Å². The first-order valence-corrected chi connectivity index (χ1v) is 8.46. The summed E-state index contributed by atoms with van der Waals surface area (Å²) < 4.78 is 5.48. The third-order valence-corrected chi connectivity index (χ3v) is 4.30. The van der Waals surface area contributed by atoms with Gasteiger partial charge in [-0.05, 0) is 36.9 Å². The number of nitrogens with one attached hydrogen (secondary N) is 2. The molecule has 0 heterocycles. The second kappa shape index (κ2) is 7.97. The molecule has 126 valence electrons. The van der Waals surface area contributed by atoms with Crippen molar-refractivity contribution in [3.8, 4) is 5.75 Å². The number of para-hydroxylation sites is 1. The number of carbonyl (C=O) groups is 1. The van der Waals surface area contributed by atoms with Gasteiger partial charge in [0.15, 0.2) is 0 Å². The number of ether oxygens (including phenoxy) is 1. The highest BCUT2D eigenvalue weighted by atomic mass is 16.5. The molecule has 2 aromatic rings.